The third kappa shape index (κ3) is 0.602. The fourth-order valence-corrected chi connectivity index (χ4v) is 0.875. The fourth-order valence-electron chi connectivity index (χ4n) is 0.875. The van der Waals surface area contributed by atoms with E-state index in [2.05, 4.69) is 0 Å². The highest BCUT2D eigenvalue weighted by atomic mass is 16.6. The Labute approximate surface area is 48.8 Å². The average Bonchev–Trinajstić information content (AvgIpc) is 1.81. The molecule has 0 N–H and O–H groups in total. The van der Waals surface area contributed by atoms with Crippen LogP contribution in [0.15, 0.2) is 0 Å². The summed E-state index contributed by atoms with van der Waals surface area (Å²) in [6.07, 6.45) is 1.16. The van der Waals surface area contributed by atoms with Gasteiger partial charge in [0.25, 0.3) is 0 Å². The summed E-state index contributed by atoms with van der Waals surface area (Å²) in [4.78, 5) is 10.4. The summed E-state index contributed by atoms with van der Waals surface area (Å²) < 4.78 is 4.76. The van der Waals surface area contributed by atoms with Crippen LogP contribution in [0.4, 0.5) is 0 Å². The van der Waals surface area contributed by atoms with Crippen LogP contribution in [-0.2, 0) is 9.53 Å². The molecule has 0 aromatic carbocycles. The predicted octanol–water partition coefficient (Wildman–Crippen LogP) is 0.958. The molecule has 0 aromatic rings. The highest BCUT2D eigenvalue weighted by Gasteiger charge is 2.36. The second kappa shape index (κ2) is 1.77. The van der Waals surface area contributed by atoms with Gasteiger partial charge in [-0.05, 0) is 13.3 Å². The summed E-state index contributed by atoms with van der Waals surface area (Å²) in [6, 6.07) is 0. The zero-order valence-electron chi connectivity index (χ0n) is 5.18. The number of carbonyl (C=O) groups is 1. The lowest BCUT2D eigenvalue weighted by Gasteiger charge is -2.31. The summed E-state index contributed by atoms with van der Waals surface area (Å²) >= 11 is 0. The minimum absolute atomic E-state index is 0.0446. The molecule has 1 saturated heterocycles. The average molecular weight is 114 g/mol. The third-order valence-electron chi connectivity index (χ3n) is 1.60. The Balaban J connectivity index is 2.35. The highest BCUT2D eigenvalue weighted by molar-refractivity contribution is 5.77. The van der Waals surface area contributed by atoms with Gasteiger partial charge in [0.15, 0.2) is 0 Å². The number of carbonyl (C=O) groups excluding carboxylic acids is 1. The van der Waals surface area contributed by atoms with Crippen LogP contribution < -0.4 is 0 Å². The van der Waals surface area contributed by atoms with Crippen molar-refractivity contribution in [1.82, 2.24) is 0 Å². The zero-order chi connectivity index (χ0) is 6.15. The standard InChI is InChI=1S/C6H10O2/c1-3-5-4(2)6(7)8-5/h4-5H,3H2,1-2H3/t4-,5-/m1/s1. The first-order valence-electron chi connectivity index (χ1n) is 2.96. The largest absolute Gasteiger partial charge is 0.461 e. The topological polar surface area (TPSA) is 26.3 Å². The number of hydrogen-bond acceptors (Lipinski definition) is 2. The van der Waals surface area contributed by atoms with Crippen LogP contribution in [0.1, 0.15) is 20.3 Å². The van der Waals surface area contributed by atoms with Gasteiger partial charge in [-0.15, -0.1) is 0 Å². The predicted molar refractivity (Wildman–Crippen MR) is 29.3 cm³/mol. The smallest absolute Gasteiger partial charge is 0.312 e. The van der Waals surface area contributed by atoms with Gasteiger partial charge in [-0.3, -0.25) is 4.79 Å². The van der Waals surface area contributed by atoms with Gasteiger partial charge in [0, 0.05) is 0 Å². The second-order valence-electron chi connectivity index (χ2n) is 2.17. The molecule has 0 aromatic heterocycles. The Morgan fingerprint density at radius 3 is 2.50 bits per heavy atom. The van der Waals surface area contributed by atoms with E-state index in [1.54, 1.807) is 0 Å². The van der Waals surface area contributed by atoms with Crippen LogP contribution in [0, 0.1) is 5.92 Å². The van der Waals surface area contributed by atoms with Crippen molar-refractivity contribution in [2.24, 2.45) is 5.92 Å². The maximum atomic E-state index is 10.4. The van der Waals surface area contributed by atoms with Crippen LogP contribution >= 0.6 is 0 Å². The van der Waals surface area contributed by atoms with Crippen molar-refractivity contribution >= 4 is 5.97 Å². The van der Waals surface area contributed by atoms with Gasteiger partial charge in [0.1, 0.15) is 6.10 Å². The van der Waals surface area contributed by atoms with E-state index in [9.17, 15) is 4.79 Å². The van der Waals surface area contributed by atoms with Crippen LogP contribution in [0.5, 0.6) is 0 Å². The minimum Gasteiger partial charge on any atom is -0.461 e. The lowest BCUT2D eigenvalue weighted by molar-refractivity contribution is -0.182. The summed E-state index contributed by atoms with van der Waals surface area (Å²) in [7, 11) is 0. The van der Waals surface area contributed by atoms with Crippen LogP contribution in [-0.4, -0.2) is 12.1 Å². The van der Waals surface area contributed by atoms with Gasteiger partial charge in [0.05, 0.1) is 5.92 Å². The molecular weight excluding hydrogens is 104 g/mol. The van der Waals surface area contributed by atoms with E-state index < -0.39 is 0 Å². The number of rotatable bonds is 1. The number of hydrogen-bond donors (Lipinski definition) is 0. The van der Waals surface area contributed by atoms with Crippen molar-refractivity contribution in [2.75, 3.05) is 0 Å². The van der Waals surface area contributed by atoms with Gasteiger partial charge >= 0.3 is 5.97 Å². The molecule has 8 heavy (non-hydrogen) atoms. The summed E-state index contributed by atoms with van der Waals surface area (Å²) in [5.74, 6) is 0.108. The lowest BCUT2D eigenvalue weighted by atomic mass is 9.97. The summed E-state index contributed by atoms with van der Waals surface area (Å²) in [5, 5.41) is 0. The van der Waals surface area contributed by atoms with Gasteiger partial charge < -0.3 is 4.74 Å². The summed E-state index contributed by atoms with van der Waals surface area (Å²) in [6.45, 7) is 3.92. The second-order valence-corrected chi connectivity index (χ2v) is 2.17. The molecule has 1 aliphatic rings. The van der Waals surface area contributed by atoms with Gasteiger partial charge in [0.2, 0.25) is 0 Å². The quantitative estimate of drug-likeness (QED) is 0.474. The van der Waals surface area contributed by atoms with E-state index in [4.69, 9.17) is 4.74 Å². The molecule has 2 atom stereocenters. The van der Waals surface area contributed by atoms with Crippen molar-refractivity contribution in [3.05, 3.63) is 0 Å². The molecule has 0 saturated carbocycles. The molecule has 2 nitrogen and oxygen atoms in total. The maximum absolute atomic E-state index is 10.4. The van der Waals surface area contributed by atoms with Crippen molar-refractivity contribution in [1.29, 1.82) is 0 Å². The molecule has 1 aliphatic heterocycles. The van der Waals surface area contributed by atoms with Crippen LogP contribution in [0.3, 0.4) is 0 Å². The first-order valence-corrected chi connectivity index (χ1v) is 2.96. The van der Waals surface area contributed by atoms with Crippen LogP contribution in [0.2, 0.25) is 0 Å². The van der Waals surface area contributed by atoms with E-state index in [1.807, 2.05) is 13.8 Å². The third-order valence-corrected chi connectivity index (χ3v) is 1.60. The minimum atomic E-state index is -0.0446. The van der Waals surface area contributed by atoms with E-state index >= 15 is 0 Å². The van der Waals surface area contributed by atoms with Gasteiger partial charge in [-0.1, -0.05) is 6.92 Å². The lowest BCUT2D eigenvalue weighted by Crippen LogP contribution is -2.42. The molecule has 0 amide bonds. The van der Waals surface area contributed by atoms with Gasteiger partial charge in [-0.2, -0.15) is 0 Å². The van der Waals surface area contributed by atoms with Crippen LogP contribution in [0.25, 0.3) is 0 Å². The molecule has 1 fully saturated rings. The molecule has 46 valence electrons. The Morgan fingerprint density at radius 1 is 1.75 bits per heavy atom. The molecule has 1 rings (SSSR count). The van der Waals surface area contributed by atoms with Gasteiger partial charge in [-0.25, -0.2) is 0 Å². The Hall–Kier alpha value is -0.530. The maximum Gasteiger partial charge on any atom is 0.312 e. The van der Waals surface area contributed by atoms with E-state index in [0.717, 1.165) is 6.42 Å². The first kappa shape index (κ1) is 5.60. The first-order chi connectivity index (χ1) is 3.75. The molecule has 0 aliphatic carbocycles. The fraction of sp³-hybridized carbons (Fsp3) is 0.833. The number of ether oxygens (including phenoxy) is 1. The van der Waals surface area contributed by atoms with E-state index in [-0.39, 0.29) is 18.0 Å². The van der Waals surface area contributed by atoms with Crippen molar-refractivity contribution < 1.29 is 9.53 Å². The Morgan fingerprint density at radius 2 is 2.38 bits per heavy atom. The van der Waals surface area contributed by atoms with Crippen molar-refractivity contribution in [3.63, 3.8) is 0 Å². The monoisotopic (exact) mass is 114 g/mol. The number of esters is 1. The summed E-state index contributed by atoms with van der Waals surface area (Å²) in [5.41, 5.74) is 0. The van der Waals surface area contributed by atoms with E-state index in [0.29, 0.717) is 0 Å². The molecule has 2 heteroatoms. The molecule has 0 radical (unpaired) electrons. The molecule has 1 heterocycles. The van der Waals surface area contributed by atoms with E-state index in [1.165, 1.54) is 0 Å². The molecule has 0 unspecified atom stereocenters. The molecule has 0 bridgehead atoms. The zero-order valence-corrected chi connectivity index (χ0v) is 5.18. The Kier molecular flexibility index (Phi) is 1.24. The molecule has 0 spiro atoms. The van der Waals surface area contributed by atoms with Crippen molar-refractivity contribution in [2.45, 2.75) is 26.4 Å². The highest BCUT2D eigenvalue weighted by Crippen LogP contribution is 2.23. The molecular formula is C6H10O2. The Bertz CT molecular complexity index is 109. The van der Waals surface area contributed by atoms with Crippen molar-refractivity contribution in [3.8, 4) is 0 Å². The SMILES string of the molecule is CC[C@H]1OC(=O)[C@@H]1C. The number of cyclic esters (lactones) is 1. The normalized spacial score (nSPS) is 36.0.